The maximum Gasteiger partial charge on any atom is 0.135 e. The molecule has 1 aromatic heterocycles. The average molecular weight is 250 g/mol. The molecule has 0 saturated carbocycles. The standard InChI is InChI=1S/C12H12ClN3O/c1-8(17)7-11-9(2)14-16(15-11)12-6-4-3-5-10(12)13/h3-6H,7H2,1-2H3. The predicted molar refractivity (Wildman–Crippen MR) is 65.5 cm³/mol. The number of ketones is 1. The first kappa shape index (κ1) is 11.8. The highest BCUT2D eigenvalue weighted by Gasteiger charge is 2.11. The average Bonchev–Trinajstić information content (AvgIpc) is 2.60. The molecule has 0 radical (unpaired) electrons. The van der Waals surface area contributed by atoms with Gasteiger partial charge in [-0.1, -0.05) is 23.7 Å². The van der Waals surface area contributed by atoms with E-state index in [0.29, 0.717) is 22.8 Å². The molecule has 0 aliphatic heterocycles. The fourth-order valence-electron chi connectivity index (χ4n) is 1.53. The fraction of sp³-hybridized carbons (Fsp3) is 0.250. The van der Waals surface area contributed by atoms with E-state index >= 15 is 0 Å². The molecule has 1 aromatic carbocycles. The molecule has 0 aliphatic carbocycles. The number of hydrogen-bond donors (Lipinski definition) is 0. The Hall–Kier alpha value is -1.68. The van der Waals surface area contributed by atoms with Crippen LogP contribution in [0.2, 0.25) is 5.02 Å². The van der Waals surface area contributed by atoms with Gasteiger partial charge in [0.05, 0.1) is 22.8 Å². The zero-order valence-corrected chi connectivity index (χ0v) is 10.4. The van der Waals surface area contributed by atoms with Crippen LogP contribution in [0.1, 0.15) is 18.3 Å². The molecule has 0 N–H and O–H groups in total. The van der Waals surface area contributed by atoms with E-state index in [1.165, 1.54) is 11.7 Å². The summed E-state index contributed by atoms with van der Waals surface area (Å²) >= 11 is 6.06. The molecule has 5 heteroatoms. The molecule has 4 nitrogen and oxygen atoms in total. The van der Waals surface area contributed by atoms with Crippen LogP contribution in [0.15, 0.2) is 24.3 Å². The first-order chi connectivity index (χ1) is 8.08. The lowest BCUT2D eigenvalue weighted by molar-refractivity contribution is -0.116. The van der Waals surface area contributed by atoms with Gasteiger partial charge in [-0.15, -0.1) is 4.80 Å². The van der Waals surface area contributed by atoms with Gasteiger partial charge < -0.3 is 0 Å². The summed E-state index contributed by atoms with van der Waals surface area (Å²) in [4.78, 5) is 12.5. The minimum Gasteiger partial charge on any atom is -0.300 e. The summed E-state index contributed by atoms with van der Waals surface area (Å²) in [5.74, 6) is 0.0688. The largest absolute Gasteiger partial charge is 0.300 e. The summed E-state index contributed by atoms with van der Waals surface area (Å²) in [5, 5.41) is 9.13. The van der Waals surface area contributed by atoms with Gasteiger partial charge in [-0.2, -0.15) is 10.2 Å². The number of para-hydroxylation sites is 1. The normalized spacial score (nSPS) is 10.5. The molecule has 17 heavy (non-hydrogen) atoms. The van der Waals surface area contributed by atoms with Gasteiger partial charge in [0.15, 0.2) is 0 Å². The smallest absolute Gasteiger partial charge is 0.135 e. The summed E-state index contributed by atoms with van der Waals surface area (Å²) in [6.07, 6.45) is 0.302. The van der Waals surface area contributed by atoms with E-state index in [1.54, 1.807) is 6.07 Å². The van der Waals surface area contributed by atoms with Crippen molar-refractivity contribution in [2.45, 2.75) is 20.3 Å². The number of carbonyl (C=O) groups excluding carboxylic acids is 1. The minimum absolute atomic E-state index is 0.0688. The number of aryl methyl sites for hydroxylation is 1. The van der Waals surface area contributed by atoms with Gasteiger partial charge in [0, 0.05) is 0 Å². The molecular weight excluding hydrogens is 238 g/mol. The molecule has 0 unspecified atom stereocenters. The van der Waals surface area contributed by atoms with Crippen molar-refractivity contribution in [2.75, 3.05) is 0 Å². The highest BCUT2D eigenvalue weighted by Crippen LogP contribution is 2.18. The lowest BCUT2D eigenvalue weighted by Gasteiger charge is -2.00. The number of carbonyl (C=O) groups is 1. The van der Waals surface area contributed by atoms with Crippen LogP contribution in [-0.2, 0) is 11.2 Å². The zero-order chi connectivity index (χ0) is 12.4. The highest BCUT2D eigenvalue weighted by molar-refractivity contribution is 6.32. The lowest BCUT2D eigenvalue weighted by atomic mass is 10.2. The van der Waals surface area contributed by atoms with E-state index in [0.717, 1.165) is 5.69 Å². The van der Waals surface area contributed by atoms with Crippen LogP contribution in [0.25, 0.3) is 5.69 Å². The third-order valence-corrected chi connectivity index (χ3v) is 2.68. The van der Waals surface area contributed by atoms with Gasteiger partial charge >= 0.3 is 0 Å². The number of nitrogens with zero attached hydrogens (tertiary/aromatic N) is 3. The molecular formula is C12H12ClN3O. The molecule has 0 spiro atoms. The number of Topliss-reactive ketones (excluding diaryl/α,β-unsaturated/α-hetero) is 1. The van der Waals surface area contributed by atoms with Crippen molar-refractivity contribution in [1.82, 2.24) is 15.0 Å². The van der Waals surface area contributed by atoms with Crippen LogP contribution < -0.4 is 0 Å². The molecule has 1 heterocycles. The number of rotatable bonds is 3. The van der Waals surface area contributed by atoms with Crippen LogP contribution >= 0.6 is 11.6 Å². The minimum atomic E-state index is 0.0688. The molecule has 0 amide bonds. The van der Waals surface area contributed by atoms with Crippen molar-refractivity contribution in [3.63, 3.8) is 0 Å². The van der Waals surface area contributed by atoms with E-state index in [2.05, 4.69) is 10.2 Å². The summed E-state index contributed by atoms with van der Waals surface area (Å²) in [5.41, 5.74) is 2.16. The second-order valence-electron chi connectivity index (χ2n) is 3.85. The van der Waals surface area contributed by atoms with Crippen molar-refractivity contribution >= 4 is 17.4 Å². The van der Waals surface area contributed by atoms with E-state index in [9.17, 15) is 4.79 Å². The lowest BCUT2D eigenvalue weighted by Crippen LogP contribution is -2.02. The van der Waals surface area contributed by atoms with Crippen LogP contribution in [0, 0.1) is 6.92 Å². The van der Waals surface area contributed by atoms with Crippen molar-refractivity contribution < 1.29 is 4.79 Å². The first-order valence-electron chi connectivity index (χ1n) is 5.25. The second kappa shape index (κ2) is 4.67. The Morgan fingerprint density at radius 1 is 1.35 bits per heavy atom. The first-order valence-corrected chi connectivity index (χ1v) is 5.63. The molecule has 0 saturated heterocycles. The summed E-state index contributed by atoms with van der Waals surface area (Å²) < 4.78 is 0. The number of halogens is 1. The Bertz CT molecular complexity index is 563. The van der Waals surface area contributed by atoms with E-state index in [-0.39, 0.29) is 5.78 Å². The number of benzene rings is 1. The van der Waals surface area contributed by atoms with Crippen molar-refractivity contribution in [3.05, 3.63) is 40.7 Å². The summed E-state index contributed by atoms with van der Waals surface area (Å²) in [7, 11) is 0. The van der Waals surface area contributed by atoms with Gasteiger partial charge in [-0.05, 0) is 26.0 Å². The Morgan fingerprint density at radius 2 is 2.06 bits per heavy atom. The van der Waals surface area contributed by atoms with Gasteiger partial charge in [0.2, 0.25) is 0 Å². The molecule has 0 aliphatic rings. The van der Waals surface area contributed by atoms with E-state index in [4.69, 9.17) is 11.6 Å². The topological polar surface area (TPSA) is 47.8 Å². The van der Waals surface area contributed by atoms with Crippen molar-refractivity contribution in [3.8, 4) is 5.69 Å². The fourth-order valence-corrected chi connectivity index (χ4v) is 1.74. The van der Waals surface area contributed by atoms with Crippen LogP contribution in [0.5, 0.6) is 0 Å². The van der Waals surface area contributed by atoms with Crippen molar-refractivity contribution in [2.24, 2.45) is 0 Å². The van der Waals surface area contributed by atoms with Gasteiger partial charge in [-0.3, -0.25) is 4.79 Å². The summed E-state index contributed by atoms with van der Waals surface area (Å²) in [6, 6.07) is 7.32. The molecule has 0 fully saturated rings. The quantitative estimate of drug-likeness (QED) is 0.839. The third-order valence-electron chi connectivity index (χ3n) is 2.36. The van der Waals surface area contributed by atoms with Crippen molar-refractivity contribution in [1.29, 1.82) is 0 Å². The highest BCUT2D eigenvalue weighted by atomic mass is 35.5. The molecule has 2 aromatic rings. The molecule has 0 bridgehead atoms. The molecule has 88 valence electrons. The Balaban J connectivity index is 2.41. The Morgan fingerprint density at radius 3 is 2.71 bits per heavy atom. The third kappa shape index (κ3) is 2.53. The number of aromatic nitrogens is 3. The maximum absolute atomic E-state index is 11.1. The molecule has 2 rings (SSSR count). The monoisotopic (exact) mass is 249 g/mol. The SMILES string of the molecule is CC(=O)Cc1nn(-c2ccccc2Cl)nc1C. The van der Waals surface area contributed by atoms with Crippen LogP contribution in [-0.4, -0.2) is 20.8 Å². The predicted octanol–water partition coefficient (Wildman–Crippen LogP) is 2.36. The van der Waals surface area contributed by atoms with Gasteiger partial charge in [0.1, 0.15) is 11.5 Å². The van der Waals surface area contributed by atoms with Crippen LogP contribution in [0.4, 0.5) is 0 Å². The van der Waals surface area contributed by atoms with Gasteiger partial charge in [-0.25, -0.2) is 0 Å². The molecule has 0 atom stereocenters. The Kier molecular flexibility index (Phi) is 3.24. The zero-order valence-electron chi connectivity index (χ0n) is 9.64. The van der Waals surface area contributed by atoms with E-state index in [1.807, 2.05) is 25.1 Å². The Labute approximate surface area is 104 Å². The van der Waals surface area contributed by atoms with Gasteiger partial charge in [0.25, 0.3) is 0 Å². The maximum atomic E-state index is 11.1. The second-order valence-corrected chi connectivity index (χ2v) is 4.26. The number of hydrogen-bond acceptors (Lipinski definition) is 3. The van der Waals surface area contributed by atoms with E-state index < -0.39 is 0 Å². The van der Waals surface area contributed by atoms with Crippen LogP contribution in [0.3, 0.4) is 0 Å². The summed E-state index contributed by atoms with van der Waals surface area (Å²) in [6.45, 7) is 3.37.